The van der Waals surface area contributed by atoms with Crippen LogP contribution < -0.4 is 0 Å². The fraction of sp³-hybridized carbons (Fsp3) is 0.727. The third-order valence-electron chi connectivity index (χ3n) is 3.26. The lowest BCUT2D eigenvalue weighted by atomic mass is 9.81. The van der Waals surface area contributed by atoms with Crippen molar-refractivity contribution in [2.75, 3.05) is 20.8 Å². The Morgan fingerprint density at radius 3 is 2.11 bits per heavy atom. The predicted molar refractivity (Wildman–Crippen MR) is 59.4 cm³/mol. The zero-order chi connectivity index (χ0) is 14.1. The van der Waals surface area contributed by atoms with Crippen LogP contribution in [0.2, 0.25) is 0 Å². The van der Waals surface area contributed by atoms with Gasteiger partial charge in [-0.3, -0.25) is 4.79 Å². The Bertz CT molecular complexity index is 373. The molecule has 1 amide bonds. The van der Waals surface area contributed by atoms with Crippen molar-refractivity contribution < 1.29 is 29.0 Å². The van der Waals surface area contributed by atoms with Crippen LogP contribution in [-0.2, 0) is 23.9 Å². The van der Waals surface area contributed by atoms with E-state index < -0.39 is 29.0 Å². The first-order valence-corrected chi connectivity index (χ1v) is 5.49. The van der Waals surface area contributed by atoms with Gasteiger partial charge in [0.2, 0.25) is 5.91 Å². The zero-order valence-electron chi connectivity index (χ0n) is 10.8. The second-order valence-electron chi connectivity index (χ2n) is 4.28. The van der Waals surface area contributed by atoms with Crippen LogP contribution in [0.5, 0.6) is 0 Å². The van der Waals surface area contributed by atoms with Gasteiger partial charge in [-0.05, 0) is 13.8 Å². The van der Waals surface area contributed by atoms with Crippen molar-refractivity contribution in [1.82, 2.24) is 4.90 Å². The summed E-state index contributed by atoms with van der Waals surface area (Å²) < 4.78 is 9.17. The number of likely N-dealkylation sites (tertiary alicyclic amines) is 1. The van der Waals surface area contributed by atoms with Gasteiger partial charge in [-0.2, -0.15) is 0 Å². The molecule has 0 spiro atoms. The van der Waals surface area contributed by atoms with E-state index in [4.69, 9.17) is 0 Å². The number of aliphatic hydroxyl groups is 1. The highest BCUT2D eigenvalue weighted by molar-refractivity contribution is 6.12. The molecular formula is C11H17NO6. The topological polar surface area (TPSA) is 93.1 Å². The van der Waals surface area contributed by atoms with Gasteiger partial charge in [0, 0.05) is 6.54 Å². The van der Waals surface area contributed by atoms with E-state index >= 15 is 0 Å². The highest BCUT2D eigenvalue weighted by atomic mass is 16.6. The molecule has 0 saturated carbocycles. The van der Waals surface area contributed by atoms with E-state index in [2.05, 4.69) is 9.47 Å². The van der Waals surface area contributed by atoms with Crippen molar-refractivity contribution in [3.8, 4) is 0 Å². The van der Waals surface area contributed by atoms with Gasteiger partial charge in [0.15, 0.2) is 0 Å². The molecule has 0 radical (unpaired) electrons. The van der Waals surface area contributed by atoms with Crippen LogP contribution in [0.15, 0.2) is 0 Å². The van der Waals surface area contributed by atoms with E-state index in [9.17, 15) is 19.5 Å². The Kier molecular flexibility index (Phi) is 3.66. The summed E-state index contributed by atoms with van der Waals surface area (Å²) in [5, 5.41) is 10.3. The quantitative estimate of drug-likeness (QED) is 0.520. The van der Waals surface area contributed by atoms with Crippen molar-refractivity contribution in [3.63, 3.8) is 0 Å². The van der Waals surface area contributed by atoms with E-state index in [0.29, 0.717) is 0 Å². The number of methoxy groups -OCH3 is 2. The smallest absolute Gasteiger partial charge is 0.346 e. The van der Waals surface area contributed by atoms with E-state index in [-0.39, 0.29) is 13.0 Å². The Hall–Kier alpha value is -1.63. The Balaban J connectivity index is 3.50. The lowest BCUT2D eigenvalue weighted by molar-refractivity contribution is -0.185. The molecule has 102 valence electrons. The third-order valence-corrected chi connectivity index (χ3v) is 3.26. The summed E-state index contributed by atoms with van der Waals surface area (Å²) in [6.07, 6.45) is -0.342. The van der Waals surface area contributed by atoms with Crippen molar-refractivity contribution >= 4 is 17.8 Å². The second-order valence-corrected chi connectivity index (χ2v) is 4.28. The molecule has 7 heteroatoms. The number of hydrogen-bond acceptors (Lipinski definition) is 6. The molecule has 0 aromatic heterocycles. The molecule has 0 aromatic rings. The SMILES string of the molecule is CCN1C(=O)CC(C)(O)C1(C(=O)OC)C(=O)OC. The summed E-state index contributed by atoms with van der Waals surface area (Å²) in [6, 6.07) is 0. The van der Waals surface area contributed by atoms with Crippen molar-refractivity contribution in [3.05, 3.63) is 0 Å². The van der Waals surface area contributed by atoms with Gasteiger partial charge in [0.05, 0.1) is 20.6 Å². The van der Waals surface area contributed by atoms with Gasteiger partial charge in [0.1, 0.15) is 5.60 Å². The van der Waals surface area contributed by atoms with Crippen molar-refractivity contribution in [2.24, 2.45) is 0 Å². The number of carbonyl (C=O) groups is 3. The summed E-state index contributed by atoms with van der Waals surface area (Å²) in [6.45, 7) is 2.92. The molecule has 18 heavy (non-hydrogen) atoms. The van der Waals surface area contributed by atoms with Crippen LogP contribution in [0.4, 0.5) is 0 Å². The first-order valence-electron chi connectivity index (χ1n) is 5.49. The number of rotatable bonds is 3. The molecule has 1 unspecified atom stereocenters. The molecular weight excluding hydrogens is 242 g/mol. The summed E-state index contributed by atoms with van der Waals surface area (Å²) in [5.74, 6) is -2.52. The molecule has 1 saturated heterocycles. The summed E-state index contributed by atoms with van der Waals surface area (Å²) in [5.41, 5.74) is -4.01. The molecule has 1 rings (SSSR count). The molecule has 0 aliphatic carbocycles. The van der Waals surface area contributed by atoms with E-state index in [1.54, 1.807) is 6.92 Å². The van der Waals surface area contributed by atoms with Crippen LogP contribution in [0.1, 0.15) is 20.3 Å². The monoisotopic (exact) mass is 259 g/mol. The molecule has 1 heterocycles. The average Bonchev–Trinajstić information content (AvgIpc) is 2.53. The number of nitrogens with zero attached hydrogens (tertiary/aromatic N) is 1. The van der Waals surface area contributed by atoms with Crippen LogP contribution in [0.3, 0.4) is 0 Å². The van der Waals surface area contributed by atoms with Crippen LogP contribution >= 0.6 is 0 Å². The molecule has 1 fully saturated rings. The summed E-state index contributed by atoms with van der Waals surface area (Å²) in [7, 11) is 2.17. The molecule has 7 nitrogen and oxygen atoms in total. The van der Waals surface area contributed by atoms with Gasteiger partial charge in [0.25, 0.3) is 5.54 Å². The lowest BCUT2D eigenvalue weighted by Gasteiger charge is -2.38. The average molecular weight is 259 g/mol. The van der Waals surface area contributed by atoms with Gasteiger partial charge in [-0.25, -0.2) is 9.59 Å². The normalized spacial score (nSPS) is 26.1. The highest BCUT2D eigenvalue weighted by Gasteiger charge is 2.71. The minimum absolute atomic E-state index is 0.0825. The molecule has 1 atom stereocenters. The molecule has 1 N–H and O–H groups in total. The Labute approximate surface area is 105 Å². The zero-order valence-corrected chi connectivity index (χ0v) is 10.8. The number of esters is 2. The van der Waals surface area contributed by atoms with Gasteiger partial charge >= 0.3 is 11.9 Å². The van der Waals surface area contributed by atoms with Gasteiger partial charge < -0.3 is 19.5 Å². The maximum Gasteiger partial charge on any atom is 0.346 e. The summed E-state index contributed by atoms with van der Waals surface area (Å²) in [4.78, 5) is 36.8. The van der Waals surface area contributed by atoms with Crippen molar-refractivity contribution in [1.29, 1.82) is 0 Å². The minimum Gasteiger partial charge on any atom is -0.467 e. The van der Waals surface area contributed by atoms with Crippen molar-refractivity contribution in [2.45, 2.75) is 31.4 Å². The van der Waals surface area contributed by atoms with Crippen LogP contribution in [0, 0.1) is 0 Å². The fourth-order valence-electron chi connectivity index (χ4n) is 2.45. The second kappa shape index (κ2) is 4.56. The van der Waals surface area contributed by atoms with Crippen LogP contribution in [-0.4, -0.2) is 59.8 Å². The molecule has 1 aliphatic heterocycles. The lowest BCUT2D eigenvalue weighted by Crippen LogP contribution is -2.68. The first kappa shape index (κ1) is 14.4. The molecule has 1 aliphatic rings. The number of hydrogen-bond donors (Lipinski definition) is 1. The van der Waals surface area contributed by atoms with Crippen LogP contribution in [0.25, 0.3) is 0 Å². The van der Waals surface area contributed by atoms with Gasteiger partial charge in [-0.15, -0.1) is 0 Å². The molecule has 0 aromatic carbocycles. The van der Waals surface area contributed by atoms with E-state index in [1.165, 1.54) is 6.92 Å². The third kappa shape index (κ3) is 1.58. The van der Waals surface area contributed by atoms with E-state index in [0.717, 1.165) is 19.1 Å². The number of likely N-dealkylation sites (N-methyl/N-ethyl adjacent to an activating group) is 1. The number of ether oxygens (including phenoxy) is 2. The van der Waals surface area contributed by atoms with E-state index in [1.807, 2.05) is 0 Å². The molecule has 0 bridgehead atoms. The summed E-state index contributed by atoms with van der Waals surface area (Å²) >= 11 is 0. The predicted octanol–water partition coefficient (Wildman–Crippen LogP) is -0.926. The number of carbonyl (C=O) groups excluding carboxylic acids is 3. The van der Waals surface area contributed by atoms with Gasteiger partial charge in [-0.1, -0.05) is 0 Å². The standard InChI is InChI=1S/C11H17NO6/c1-5-12-7(13)6-10(2,16)11(12,8(14)17-3)9(15)18-4/h16H,5-6H2,1-4H3. The Morgan fingerprint density at radius 1 is 1.33 bits per heavy atom. The largest absolute Gasteiger partial charge is 0.467 e. The maximum absolute atomic E-state index is 12.0. The number of amides is 1. The maximum atomic E-state index is 12.0. The highest BCUT2D eigenvalue weighted by Crippen LogP contribution is 2.41. The first-order chi connectivity index (χ1) is 8.29. The minimum atomic E-state index is -2.14. The fourth-order valence-corrected chi connectivity index (χ4v) is 2.45. The Morgan fingerprint density at radius 2 is 1.78 bits per heavy atom.